The van der Waals surface area contributed by atoms with Crippen molar-refractivity contribution >= 4 is 23.1 Å². The SMILES string of the molecule is C[C@H]1COc2c(-c3ccc(Nc4ccc(N5CCN(C)CC5)cn4)c4c3CNC4=O)cnn2C1. The van der Waals surface area contributed by atoms with Crippen LogP contribution in [-0.2, 0) is 13.1 Å². The first-order chi connectivity index (χ1) is 16.6. The molecule has 0 saturated carbocycles. The first-order valence-electron chi connectivity index (χ1n) is 11.9. The number of hydrogen-bond acceptors (Lipinski definition) is 7. The highest BCUT2D eigenvalue weighted by Gasteiger charge is 2.29. The summed E-state index contributed by atoms with van der Waals surface area (Å²) in [6.07, 6.45) is 3.75. The number of ether oxygens (including phenoxy) is 1. The van der Waals surface area contributed by atoms with Gasteiger partial charge in [-0.25, -0.2) is 9.67 Å². The second kappa shape index (κ2) is 8.32. The lowest BCUT2D eigenvalue weighted by Crippen LogP contribution is -2.44. The summed E-state index contributed by atoms with van der Waals surface area (Å²) >= 11 is 0. The molecule has 176 valence electrons. The molecule has 6 rings (SSSR count). The molecule has 5 heterocycles. The number of anilines is 3. The van der Waals surface area contributed by atoms with Crippen LogP contribution in [0.5, 0.6) is 5.88 Å². The number of nitrogens with zero attached hydrogens (tertiary/aromatic N) is 5. The molecule has 0 bridgehead atoms. The monoisotopic (exact) mass is 459 g/mol. The van der Waals surface area contributed by atoms with E-state index in [4.69, 9.17) is 4.74 Å². The van der Waals surface area contributed by atoms with Gasteiger partial charge in [0.1, 0.15) is 5.82 Å². The minimum atomic E-state index is -0.0796. The summed E-state index contributed by atoms with van der Waals surface area (Å²) < 4.78 is 7.92. The lowest BCUT2D eigenvalue weighted by atomic mass is 9.97. The van der Waals surface area contributed by atoms with E-state index in [1.165, 1.54) is 0 Å². The Morgan fingerprint density at radius 3 is 2.74 bits per heavy atom. The predicted molar refractivity (Wildman–Crippen MR) is 131 cm³/mol. The van der Waals surface area contributed by atoms with Gasteiger partial charge in [0.25, 0.3) is 5.91 Å². The molecule has 1 aromatic carbocycles. The van der Waals surface area contributed by atoms with E-state index in [0.29, 0.717) is 30.5 Å². The van der Waals surface area contributed by atoms with Gasteiger partial charge in [0, 0.05) is 38.6 Å². The molecule has 1 amide bonds. The zero-order valence-corrected chi connectivity index (χ0v) is 19.5. The Hall–Kier alpha value is -3.59. The Morgan fingerprint density at radius 1 is 1.09 bits per heavy atom. The average Bonchev–Trinajstić information content (AvgIpc) is 3.44. The highest BCUT2D eigenvalue weighted by atomic mass is 16.5. The summed E-state index contributed by atoms with van der Waals surface area (Å²) in [7, 11) is 2.15. The number of rotatable bonds is 4. The van der Waals surface area contributed by atoms with Gasteiger partial charge in [-0.1, -0.05) is 13.0 Å². The minimum Gasteiger partial charge on any atom is -0.477 e. The normalized spacial score (nSPS) is 19.9. The van der Waals surface area contributed by atoms with Gasteiger partial charge < -0.3 is 25.2 Å². The van der Waals surface area contributed by atoms with Crippen molar-refractivity contribution in [3.05, 3.63) is 47.8 Å². The Balaban J connectivity index is 1.28. The Morgan fingerprint density at radius 2 is 1.94 bits per heavy atom. The molecule has 1 atom stereocenters. The van der Waals surface area contributed by atoms with Crippen molar-refractivity contribution < 1.29 is 9.53 Å². The number of carbonyl (C=O) groups is 1. The molecular weight excluding hydrogens is 430 g/mol. The third-order valence-corrected chi connectivity index (χ3v) is 6.92. The van der Waals surface area contributed by atoms with Crippen LogP contribution in [0.4, 0.5) is 17.2 Å². The van der Waals surface area contributed by atoms with E-state index in [2.05, 4.69) is 50.6 Å². The summed E-state index contributed by atoms with van der Waals surface area (Å²) in [6, 6.07) is 8.06. The van der Waals surface area contributed by atoms with E-state index in [0.717, 1.165) is 66.7 Å². The molecule has 3 aliphatic rings. The van der Waals surface area contributed by atoms with Crippen molar-refractivity contribution in [3.63, 3.8) is 0 Å². The molecule has 2 aromatic heterocycles. The molecule has 9 heteroatoms. The molecular formula is C25H29N7O2. The third kappa shape index (κ3) is 3.66. The second-order valence-corrected chi connectivity index (χ2v) is 9.48. The molecule has 1 fully saturated rings. The standard InChI is InChI=1S/C25H29N7O2/c1-16-14-32-25(34-15-16)20(13-28-32)18-4-5-21(23-19(18)12-27-24(23)33)29-22-6-3-17(11-26-22)31-9-7-30(2)8-10-31/h3-6,11,13,16H,7-10,12,14-15H2,1-2H3,(H,26,29)(H,27,33)/t16-/m1/s1. The third-order valence-electron chi connectivity index (χ3n) is 6.92. The van der Waals surface area contributed by atoms with Crippen LogP contribution in [0.15, 0.2) is 36.7 Å². The van der Waals surface area contributed by atoms with E-state index in [-0.39, 0.29) is 5.91 Å². The van der Waals surface area contributed by atoms with Gasteiger partial charge in [0.15, 0.2) is 0 Å². The minimum absolute atomic E-state index is 0.0796. The topological polar surface area (TPSA) is 87.6 Å². The van der Waals surface area contributed by atoms with Crippen LogP contribution in [0, 0.1) is 5.92 Å². The van der Waals surface area contributed by atoms with Gasteiger partial charge >= 0.3 is 0 Å². The van der Waals surface area contributed by atoms with E-state index in [1.54, 1.807) is 0 Å². The first-order valence-corrected chi connectivity index (χ1v) is 11.9. The fourth-order valence-electron chi connectivity index (χ4n) is 4.96. The predicted octanol–water partition coefficient (Wildman–Crippen LogP) is 2.71. The zero-order chi connectivity index (χ0) is 23.2. The van der Waals surface area contributed by atoms with Crippen molar-refractivity contribution in [2.75, 3.05) is 50.1 Å². The number of amides is 1. The Labute approximate surface area is 198 Å². The summed E-state index contributed by atoms with van der Waals surface area (Å²) in [6.45, 7) is 8.25. The molecule has 0 spiro atoms. The summed E-state index contributed by atoms with van der Waals surface area (Å²) in [5, 5.41) is 10.9. The molecule has 0 aliphatic carbocycles. The van der Waals surface area contributed by atoms with Crippen LogP contribution in [0.2, 0.25) is 0 Å². The molecule has 0 unspecified atom stereocenters. The molecule has 3 aromatic rings. The first kappa shape index (κ1) is 21.0. The number of likely N-dealkylation sites (N-methyl/N-ethyl adjacent to an activating group) is 1. The van der Waals surface area contributed by atoms with Gasteiger partial charge in [-0.05, 0) is 36.4 Å². The number of piperazine rings is 1. The van der Waals surface area contributed by atoms with Crippen LogP contribution in [0.3, 0.4) is 0 Å². The molecule has 2 N–H and O–H groups in total. The van der Waals surface area contributed by atoms with Crippen LogP contribution >= 0.6 is 0 Å². The fourth-order valence-corrected chi connectivity index (χ4v) is 4.96. The smallest absolute Gasteiger partial charge is 0.254 e. The summed E-state index contributed by atoms with van der Waals surface area (Å²) in [5.74, 6) is 1.84. The number of carbonyl (C=O) groups excluding carboxylic acids is 1. The van der Waals surface area contributed by atoms with Gasteiger partial charge in [0.2, 0.25) is 5.88 Å². The number of pyridine rings is 1. The molecule has 3 aliphatic heterocycles. The lowest BCUT2D eigenvalue weighted by molar-refractivity contribution is 0.0966. The van der Waals surface area contributed by atoms with Crippen LogP contribution in [0.1, 0.15) is 22.8 Å². The van der Waals surface area contributed by atoms with Crippen molar-refractivity contribution in [2.24, 2.45) is 5.92 Å². The van der Waals surface area contributed by atoms with Gasteiger partial charge in [0.05, 0.1) is 48.0 Å². The van der Waals surface area contributed by atoms with E-state index in [1.807, 2.05) is 35.3 Å². The summed E-state index contributed by atoms with van der Waals surface area (Å²) in [5.41, 5.74) is 5.41. The van der Waals surface area contributed by atoms with E-state index in [9.17, 15) is 4.79 Å². The highest BCUT2D eigenvalue weighted by Crippen LogP contribution is 2.40. The van der Waals surface area contributed by atoms with Crippen LogP contribution in [-0.4, -0.2) is 65.4 Å². The van der Waals surface area contributed by atoms with Crippen molar-refractivity contribution in [3.8, 4) is 17.0 Å². The molecule has 0 radical (unpaired) electrons. The number of benzene rings is 1. The van der Waals surface area contributed by atoms with Crippen LogP contribution < -0.4 is 20.3 Å². The van der Waals surface area contributed by atoms with E-state index < -0.39 is 0 Å². The second-order valence-electron chi connectivity index (χ2n) is 9.48. The van der Waals surface area contributed by atoms with Gasteiger partial charge in [-0.3, -0.25) is 4.79 Å². The lowest BCUT2D eigenvalue weighted by Gasteiger charge is -2.33. The van der Waals surface area contributed by atoms with Crippen molar-refractivity contribution in [2.45, 2.75) is 20.0 Å². The van der Waals surface area contributed by atoms with Crippen molar-refractivity contribution in [1.29, 1.82) is 0 Å². The highest BCUT2D eigenvalue weighted by molar-refractivity contribution is 6.06. The fraction of sp³-hybridized carbons (Fsp3) is 0.400. The number of hydrogen-bond donors (Lipinski definition) is 2. The van der Waals surface area contributed by atoms with Gasteiger partial charge in [-0.2, -0.15) is 5.10 Å². The molecule has 34 heavy (non-hydrogen) atoms. The maximum atomic E-state index is 12.8. The summed E-state index contributed by atoms with van der Waals surface area (Å²) in [4.78, 5) is 22.1. The average molecular weight is 460 g/mol. The Bertz CT molecular complexity index is 1230. The largest absolute Gasteiger partial charge is 0.477 e. The number of nitrogens with one attached hydrogen (secondary N) is 2. The number of aromatic nitrogens is 3. The van der Waals surface area contributed by atoms with Crippen molar-refractivity contribution in [1.82, 2.24) is 25.0 Å². The molecule has 1 saturated heterocycles. The quantitative estimate of drug-likeness (QED) is 0.620. The maximum Gasteiger partial charge on any atom is 0.254 e. The molecule has 9 nitrogen and oxygen atoms in total. The number of fused-ring (bicyclic) bond motifs is 2. The van der Waals surface area contributed by atoms with E-state index >= 15 is 0 Å². The van der Waals surface area contributed by atoms with Gasteiger partial charge in [-0.15, -0.1) is 0 Å². The van der Waals surface area contributed by atoms with Crippen LogP contribution in [0.25, 0.3) is 11.1 Å². The Kier molecular flexibility index (Phi) is 5.13. The zero-order valence-electron chi connectivity index (χ0n) is 19.5. The maximum absolute atomic E-state index is 12.8.